The van der Waals surface area contributed by atoms with Crippen LogP contribution in [-0.4, -0.2) is 40.9 Å². The molecule has 6 nitrogen and oxygen atoms in total. The first-order chi connectivity index (χ1) is 14.1. The molecule has 1 aliphatic rings. The van der Waals surface area contributed by atoms with Crippen molar-refractivity contribution in [3.63, 3.8) is 0 Å². The van der Waals surface area contributed by atoms with Crippen LogP contribution in [0.15, 0.2) is 0 Å². The highest BCUT2D eigenvalue weighted by Gasteiger charge is 2.35. The van der Waals surface area contributed by atoms with E-state index in [-0.39, 0.29) is 5.91 Å². The lowest BCUT2D eigenvalue weighted by atomic mass is 9.93. The molecule has 0 heterocycles. The van der Waals surface area contributed by atoms with Gasteiger partial charge in [-0.3, -0.25) is 4.79 Å². The third-order valence-electron chi connectivity index (χ3n) is 5.78. The average Bonchev–Trinajstić information content (AvgIpc) is 3.13. The molecule has 0 bridgehead atoms. The number of amides is 1. The summed E-state index contributed by atoms with van der Waals surface area (Å²) in [6.07, 6.45) is 10.4. The van der Waals surface area contributed by atoms with E-state index in [0.29, 0.717) is 17.4 Å². The Hall–Kier alpha value is -2.11. The smallest absolute Gasteiger partial charge is 0.216 e. The van der Waals surface area contributed by atoms with Gasteiger partial charge in [0.25, 0.3) is 0 Å². The molecule has 1 aromatic carbocycles. The van der Waals surface area contributed by atoms with Crippen LogP contribution in [0.4, 0.5) is 0 Å². The molecule has 29 heavy (non-hydrogen) atoms. The number of carbonyl (C=O) groups excluding carboxylic acids is 1. The summed E-state index contributed by atoms with van der Waals surface area (Å²) in [5.74, 6) is 3.33. The Labute approximate surface area is 175 Å². The second-order valence-corrected chi connectivity index (χ2v) is 7.65. The lowest BCUT2D eigenvalue weighted by molar-refractivity contribution is -0.118. The Balaban J connectivity index is 1.92. The largest absolute Gasteiger partial charge is 0.492 e. The summed E-state index contributed by atoms with van der Waals surface area (Å²) in [7, 11) is 6.65. The van der Waals surface area contributed by atoms with Gasteiger partial charge >= 0.3 is 0 Å². The number of nitrogens with one attached hydrogen (secondary N) is 1. The molecule has 1 aliphatic carbocycles. The predicted molar refractivity (Wildman–Crippen MR) is 115 cm³/mol. The molecule has 0 saturated heterocycles. The number of methoxy groups -OCH3 is 4. The average molecular weight is 408 g/mol. The molecule has 0 aromatic heterocycles. The molecule has 0 fully saturated rings. The summed E-state index contributed by atoms with van der Waals surface area (Å²) in [5, 5.41) is 2.85. The third-order valence-corrected chi connectivity index (χ3v) is 5.78. The van der Waals surface area contributed by atoms with Crippen LogP contribution in [0.5, 0.6) is 23.0 Å². The highest BCUT2D eigenvalue weighted by atomic mass is 16.5. The van der Waals surface area contributed by atoms with E-state index < -0.39 is 0 Å². The second-order valence-electron chi connectivity index (χ2n) is 7.65. The fraction of sp³-hybridized carbons (Fsp3) is 0.696. The van der Waals surface area contributed by atoms with Gasteiger partial charge in [0.05, 0.1) is 28.4 Å². The number of ether oxygens (including phenoxy) is 4. The molecule has 164 valence electrons. The van der Waals surface area contributed by atoms with Gasteiger partial charge in [-0.05, 0) is 31.6 Å². The van der Waals surface area contributed by atoms with E-state index >= 15 is 0 Å². The van der Waals surface area contributed by atoms with E-state index in [4.69, 9.17) is 18.9 Å². The number of fused-ring (bicyclic) bond motifs is 1. The topological polar surface area (TPSA) is 66.0 Å². The Morgan fingerprint density at radius 1 is 0.828 bits per heavy atom. The summed E-state index contributed by atoms with van der Waals surface area (Å²) >= 11 is 0. The zero-order chi connectivity index (χ0) is 21.2. The Morgan fingerprint density at radius 2 is 1.38 bits per heavy atom. The molecule has 1 unspecified atom stereocenters. The van der Waals surface area contributed by atoms with E-state index in [2.05, 4.69) is 5.32 Å². The maximum Gasteiger partial charge on any atom is 0.216 e. The van der Waals surface area contributed by atoms with Crippen molar-refractivity contribution in [3.05, 3.63) is 11.1 Å². The zero-order valence-electron chi connectivity index (χ0n) is 18.7. The molecular weight excluding hydrogens is 370 g/mol. The highest BCUT2D eigenvalue weighted by molar-refractivity contribution is 5.72. The van der Waals surface area contributed by atoms with E-state index in [9.17, 15) is 4.79 Å². The molecule has 2 rings (SSSR count). The van der Waals surface area contributed by atoms with Crippen LogP contribution in [0.3, 0.4) is 0 Å². The van der Waals surface area contributed by atoms with Crippen molar-refractivity contribution in [3.8, 4) is 23.0 Å². The van der Waals surface area contributed by atoms with Crippen molar-refractivity contribution >= 4 is 5.91 Å². The fourth-order valence-electron chi connectivity index (χ4n) is 4.43. The van der Waals surface area contributed by atoms with Gasteiger partial charge in [-0.1, -0.05) is 32.1 Å². The van der Waals surface area contributed by atoms with Crippen LogP contribution in [-0.2, 0) is 11.2 Å². The molecule has 1 N–H and O–H groups in total. The van der Waals surface area contributed by atoms with Gasteiger partial charge in [0.1, 0.15) is 0 Å². The van der Waals surface area contributed by atoms with Gasteiger partial charge in [0.2, 0.25) is 17.4 Å². The van der Waals surface area contributed by atoms with E-state index in [0.717, 1.165) is 43.7 Å². The summed E-state index contributed by atoms with van der Waals surface area (Å²) in [4.78, 5) is 10.9. The second kappa shape index (κ2) is 11.8. The highest BCUT2D eigenvalue weighted by Crippen LogP contribution is 2.56. The van der Waals surface area contributed by atoms with Gasteiger partial charge in [-0.15, -0.1) is 0 Å². The van der Waals surface area contributed by atoms with Crippen LogP contribution in [0.1, 0.15) is 75.3 Å². The molecule has 1 aromatic rings. The third kappa shape index (κ3) is 5.71. The molecule has 0 aliphatic heterocycles. The van der Waals surface area contributed by atoms with Crippen LogP contribution < -0.4 is 24.3 Å². The number of hydrogen-bond donors (Lipinski definition) is 1. The fourth-order valence-corrected chi connectivity index (χ4v) is 4.43. The SMILES string of the molecule is COc1c2c(c(OC)c(OC)c1OC)C(CCCCCCCCNC(C)=O)CC2. The number of unbranched alkanes of at least 4 members (excludes halogenated alkanes) is 5. The summed E-state index contributed by atoms with van der Waals surface area (Å²) in [6.45, 7) is 2.36. The summed E-state index contributed by atoms with van der Waals surface area (Å²) in [6, 6.07) is 0. The van der Waals surface area contributed by atoms with Crippen molar-refractivity contribution in [1.29, 1.82) is 0 Å². The normalized spacial score (nSPS) is 15.0. The number of carbonyl (C=O) groups is 1. The van der Waals surface area contributed by atoms with Crippen molar-refractivity contribution in [2.45, 2.75) is 70.6 Å². The van der Waals surface area contributed by atoms with Crippen LogP contribution in [0.2, 0.25) is 0 Å². The number of hydrogen-bond acceptors (Lipinski definition) is 5. The Morgan fingerprint density at radius 3 is 1.97 bits per heavy atom. The molecular formula is C23H37NO5. The van der Waals surface area contributed by atoms with E-state index in [1.807, 2.05) is 0 Å². The maximum absolute atomic E-state index is 10.9. The minimum absolute atomic E-state index is 0.0585. The Bertz CT molecular complexity index is 674. The lowest BCUT2D eigenvalue weighted by Crippen LogP contribution is -2.20. The number of benzene rings is 1. The van der Waals surface area contributed by atoms with Crippen molar-refractivity contribution in [2.24, 2.45) is 0 Å². The lowest BCUT2D eigenvalue weighted by Gasteiger charge is -2.22. The quantitative estimate of drug-likeness (QED) is 0.484. The van der Waals surface area contributed by atoms with E-state index in [1.165, 1.54) is 43.2 Å². The van der Waals surface area contributed by atoms with Crippen LogP contribution >= 0.6 is 0 Å². The molecule has 1 amide bonds. The first kappa shape index (κ1) is 23.2. The minimum Gasteiger partial charge on any atom is -0.492 e. The summed E-state index contributed by atoms with van der Waals surface area (Å²) in [5.41, 5.74) is 2.43. The zero-order valence-corrected chi connectivity index (χ0v) is 18.7. The monoisotopic (exact) mass is 407 g/mol. The summed E-state index contributed by atoms with van der Waals surface area (Å²) < 4.78 is 22.6. The number of rotatable bonds is 13. The molecule has 1 atom stereocenters. The molecule has 0 saturated carbocycles. The van der Waals surface area contributed by atoms with Crippen LogP contribution in [0, 0.1) is 0 Å². The van der Waals surface area contributed by atoms with Crippen LogP contribution in [0.25, 0.3) is 0 Å². The predicted octanol–water partition coefficient (Wildman–Crippen LogP) is 4.62. The first-order valence-electron chi connectivity index (χ1n) is 10.7. The van der Waals surface area contributed by atoms with Gasteiger partial charge in [-0.2, -0.15) is 0 Å². The van der Waals surface area contributed by atoms with Gasteiger partial charge in [0.15, 0.2) is 11.5 Å². The first-order valence-corrected chi connectivity index (χ1v) is 10.7. The van der Waals surface area contributed by atoms with Gasteiger partial charge in [-0.25, -0.2) is 0 Å². The standard InChI is InChI=1S/C23H37NO5/c1-16(25)24-15-11-9-7-6-8-10-12-17-13-14-18-19(17)21(27-3)23(29-5)22(28-4)20(18)26-2/h17H,6-15H2,1-5H3,(H,24,25). The van der Waals surface area contributed by atoms with Crippen molar-refractivity contribution in [2.75, 3.05) is 35.0 Å². The van der Waals surface area contributed by atoms with Gasteiger partial charge in [0, 0.05) is 24.6 Å². The minimum atomic E-state index is 0.0585. The van der Waals surface area contributed by atoms with E-state index in [1.54, 1.807) is 35.4 Å². The Kier molecular flexibility index (Phi) is 9.42. The molecule has 6 heteroatoms. The van der Waals surface area contributed by atoms with Gasteiger partial charge < -0.3 is 24.3 Å². The molecule has 0 spiro atoms. The van der Waals surface area contributed by atoms with Crippen molar-refractivity contribution < 1.29 is 23.7 Å². The molecule has 0 radical (unpaired) electrons. The van der Waals surface area contributed by atoms with Crippen molar-refractivity contribution in [1.82, 2.24) is 5.32 Å². The maximum atomic E-state index is 10.9.